The highest BCUT2D eigenvalue weighted by molar-refractivity contribution is 7.89. The molecule has 0 saturated carbocycles. The summed E-state index contributed by atoms with van der Waals surface area (Å²) < 4.78 is 27.3. The predicted molar refractivity (Wildman–Crippen MR) is 72.4 cm³/mol. The highest BCUT2D eigenvalue weighted by Crippen LogP contribution is 2.20. The first-order valence-corrected chi connectivity index (χ1v) is 7.84. The van der Waals surface area contributed by atoms with E-state index in [0.717, 1.165) is 25.9 Å². The molecule has 0 atom stereocenters. The standard InChI is InChI=1S/C12H17ClN2O2S/c1-9-8-10(13)2-3-12(9)18(16,17)15-11-4-6-14-7-5-11/h2-3,8,11,14-15H,4-7H2,1H3. The van der Waals surface area contributed by atoms with Gasteiger partial charge in [0.2, 0.25) is 10.0 Å². The Kier molecular flexibility index (Phi) is 4.27. The molecule has 1 aliphatic heterocycles. The smallest absolute Gasteiger partial charge is 0.241 e. The molecule has 1 aliphatic rings. The van der Waals surface area contributed by atoms with Crippen LogP contribution in [0.4, 0.5) is 0 Å². The van der Waals surface area contributed by atoms with Crippen molar-refractivity contribution in [3.8, 4) is 0 Å². The second-order valence-electron chi connectivity index (χ2n) is 4.56. The molecule has 18 heavy (non-hydrogen) atoms. The van der Waals surface area contributed by atoms with Gasteiger partial charge in [0.05, 0.1) is 4.90 Å². The molecule has 100 valence electrons. The summed E-state index contributed by atoms with van der Waals surface area (Å²) in [7, 11) is -3.44. The summed E-state index contributed by atoms with van der Waals surface area (Å²) in [6.07, 6.45) is 1.65. The van der Waals surface area contributed by atoms with E-state index in [-0.39, 0.29) is 6.04 Å². The van der Waals surface area contributed by atoms with Gasteiger partial charge in [-0.25, -0.2) is 13.1 Å². The summed E-state index contributed by atoms with van der Waals surface area (Å²) >= 11 is 5.84. The van der Waals surface area contributed by atoms with Gasteiger partial charge in [0, 0.05) is 11.1 Å². The molecule has 1 saturated heterocycles. The Morgan fingerprint density at radius 1 is 1.33 bits per heavy atom. The Labute approximate surface area is 113 Å². The minimum absolute atomic E-state index is 0.0197. The first-order chi connectivity index (χ1) is 8.49. The molecule has 6 heteroatoms. The third kappa shape index (κ3) is 3.23. The summed E-state index contributed by atoms with van der Waals surface area (Å²) in [6, 6.07) is 4.84. The van der Waals surface area contributed by atoms with Crippen LogP contribution in [0, 0.1) is 6.92 Å². The zero-order valence-corrected chi connectivity index (χ0v) is 11.8. The maximum atomic E-state index is 12.3. The summed E-state index contributed by atoms with van der Waals surface area (Å²) in [5.41, 5.74) is 0.670. The number of rotatable bonds is 3. The Hall–Kier alpha value is -0.620. The maximum absolute atomic E-state index is 12.3. The van der Waals surface area contributed by atoms with Gasteiger partial charge in [-0.3, -0.25) is 0 Å². The fourth-order valence-electron chi connectivity index (χ4n) is 2.14. The third-order valence-corrected chi connectivity index (χ3v) is 5.00. The minimum Gasteiger partial charge on any atom is -0.317 e. The van der Waals surface area contributed by atoms with Crippen LogP contribution in [0.15, 0.2) is 23.1 Å². The molecular formula is C12H17ClN2O2S. The topological polar surface area (TPSA) is 58.2 Å². The number of hydrogen-bond donors (Lipinski definition) is 2. The Morgan fingerprint density at radius 3 is 2.61 bits per heavy atom. The lowest BCUT2D eigenvalue weighted by Gasteiger charge is -2.23. The van der Waals surface area contributed by atoms with E-state index in [1.54, 1.807) is 25.1 Å². The minimum atomic E-state index is -3.44. The summed E-state index contributed by atoms with van der Waals surface area (Å²) in [4.78, 5) is 0.311. The summed E-state index contributed by atoms with van der Waals surface area (Å²) in [6.45, 7) is 3.46. The van der Waals surface area contributed by atoms with Crippen LogP contribution >= 0.6 is 11.6 Å². The van der Waals surface area contributed by atoms with Crippen LogP contribution in [-0.4, -0.2) is 27.5 Å². The average Bonchev–Trinajstić information content (AvgIpc) is 2.29. The van der Waals surface area contributed by atoms with Crippen LogP contribution in [0.25, 0.3) is 0 Å². The van der Waals surface area contributed by atoms with Gasteiger partial charge in [-0.2, -0.15) is 0 Å². The van der Waals surface area contributed by atoms with Gasteiger partial charge in [-0.1, -0.05) is 11.6 Å². The number of benzene rings is 1. The van der Waals surface area contributed by atoms with Crippen LogP contribution in [-0.2, 0) is 10.0 Å². The number of halogens is 1. The van der Waals surface area contributed by atoms with E-state index in [1.165, 1.54) is 0 Å². The van der Waals surface area contributed by atoms with Crippen molar-refractivity contribution in [2.24, 2.45) is 0 Å². The van der Waals surface area contributed by atoms with E-state index in [0.29, 0.717) is 15.5 Å². The number of hydrogen-bond acceptors (Lipinski definition) is 3. The Bertz CT molecular complexity index is 525. The van der Waals surface area contributed by atoms with Gasteiger partial charge in [0.25, 0.3) is 0 Å². The molecule has 0 aliphatic carbocycles. The Balaban J connectivity index is 2.19. The van der Waals surface area contributed by atoms with Crippen molar-refractivity contribution < 1.29 is 8.42 Å². The molecule has 0 amide bonds. The van der Waals surface area contributed by atoms with Gasteiger partial charge < -0.3 is 5.32 Å². The lowest BCUT2D eigenvalue weighted by atomic mass is 10.1. The van der Waals surface area contributed by atoms with E-state index in [9.17, 15) is 8.42 Å². The molecule has 4 nitrogen and oxygen atoms in total. The van der Waals surface area contributed by atoms with Crippen LogP contribution in [0.1, 0.15) is 18.4 Å². The molecule has 2 N–H and O–H groups in total. The van der Waals surface area contributed by atoms with Crippen LogP contribution in [0.3, 0.4) is 0 Å². The second-order valence-corrected chi connectivity index (χ2v) is 6.67. The number of nitrogens with one attached hydrogen (secondary N) is 2. The molecule has 0 bridgehead atoms. The van der Waals surface area contributed by atoms with E-state index < -0.39 is 10.0 Å². The maximum Gasteiger partial charge on any atom is 0.241 e. The van der Waals surface area contributed by atoms with Crippen LogP contribution in [0.5, 0.6) is 0 Å². The molecular weight excluding hydrogens is 272 g/mol. The van der Waals surface area contributed by atoms with Crippen molar-refractivity contribution in [1.29, 1.82) is 0 Å². The fourth-order valence-corrected chi connectivity index (χ4v) is 3.90. The van der Waals surface area contributed by atoms with Gasteiger partial charge >= 0.3 is 0 Å². The summed E-state index contributed by atoms with van der Waals surface area (Å²) in [5, 5.41) is 3.76. The molecule has 2 rings (SSSR count). The van der Waals surface area contributed by atoms with Gasteiger partial charge in [-0.05, 0) is 56.6 Å². The van der Waals surface area contributed by atoms with Gasteiger partial charge in [0.15, 0.2) is 0 Å². The molecule has 0 aromatic heterocycles. The van der Waals surface area contributed by atoms with Crippen LogP contribution < -0.4 is 10.0 Å². The largest absolute Gasteiger partial charge is 0.317 e. The van der Waals surface area contributed by atoms with Crippen molar-refractivity contribution in [2.75, 3.05) is 13.1 Å². The molecule has 1 fully saturated rings. The van der Waals surface area contributed by atoms with Crippen LogP contribution in [0.2, 0.25) is 5.02 Å². The fraction of sp³-hybridized carbons (Fsp3) is 0.500. The van der Waals surface area contributed by atoms with E-state index in [4.69, 9.17) is 11.6 Å². The lowest BCUT2D eigenvalue weighted by Crippen LogP contribution is -2.42. The molecule has 0 spiro atoms. The van der Waals surface area contributed by atoms with Crippen molar-refractivity contribution in [2.45, 2.75) is 30.7 Å². The lowest BCUT2D eigenvalue weighted by molar-refractivity contribution is 0.427. The highest BCUT2D eigenvalue weighted by Gasteiger charge is 2.22. The average molecular weight is 289 g/mol. The quantitative estimate of drug-likeness (QED) is 0.890. The predicted octanol–water partition coefficient (Wildman–Crippen LogP) is 1.68. The normalized spacial score (nSPS) is 17.9. The number of piperidine rings is 1. The molecule has 1 heterocycles. The Morgan fingerprint density at radius 2 is 2.00 bits per heavy atom. The van der Waals surface area contributed by atoms with Gasteiger partial charge in [-0.15, -0.1) is 0 Å². The van der Waals surface area contributed by atoms with Crippen molar-refractivity contribution in [1.82, 2.24) is 10.0 Å². The monoisotopic (exact) mass is 288 g/mol. The van der Waals surface area contributed by atoms with Gasteiger partial charge in [0.1, 0.15) is 0 Å². The zero-order chi connectivity index (χ0) is 13.2. The summed E-state index contributed by atoms with van der Waals surface area (Å²) in [5.74, 6) is 0. The van der Waals surface area contributed by atoms with E-state index in [2.05, 4.69) is 10.0 Å². The number of sulfonamides is 1. The van der Waals surface area contributed by atoms with Crippen molar-refractivity contribution in [3.05, 3.63) is 28.8 Å². The molecule has 0 radical (unpaired) electrons. The number of aryl methyl sites for hydroxylation is 1. The SMILES string of the molecule is Cc1cc(Cl)ccc1S(=O)(=O)NC1CCNCC1. The van der Waals surface area contributed by atoms with E-state index >= 15 is 0 Å². The molecule has 1 aromatic rings. The van der Waals surface area contributed by atoms with Crippen molar-refractivity contribution in [3.63, 3.8) is 0 Å². The first-order valence-electron chi connectivity index (χ1n) is 5.98. The van der Waals surface area contributed by atoms with Crippen molar-refractivity contribution >= 4 is 21.6 Å². The van der Waals surface area contributed by atoms with E-state index in [1.807, 2.05) is 0 Å². The zero-order valence-electron chi connectivity index (χ0n) is 10.2. The molecule has 0 unspecified atom stereocenters. The highest BCUT2D eigenvalue weighted by atomic mass is 35.5. The second kappa shape index (κ2) is 5.57. The third-order valence-electron chi connectivity index (χ3n) is 3.09. The molecule has 1 aromatic carbocycles. The first kappa shape index (κ1) is 13.8.